The van der Waals surface area contributed by atoms with Gasteiger partial charge < -0.3 is 25.0 Å². The maximum Gasteiger partial charge on any atom is 0.351 e. The Morgan fingerprint density at radius 2 is 2.09 bits per heavy atom. The number of aromatic amines is 1. The molecule has 2 aromatic heterocycles. The molecule has 0 aromatic carbocycles. The third kappa shape index (κ3) is 2.36. The number of aliphatic hydroxyl groups is 3. The molecular formula is C13H14FN3O6. The highest BCUT2D eigenvalue weighted by Gasteiger charge is 2.43. The van der Waals surface area contributed by atoms with Crippen LogP contribution in [0.4, 0.5) is 4.39 Å². The zero-order valence-corrected chi connectivity index (χ0v) is 11.9. The van der Waals surface area contributed by atoms with E-state index in [0.717, 1.165) is 10.8 Å². The molecule has 0 amide bonds. The summed E-state index contributed by atoms with van der Waals surface area (Å²) in [5.74, 6) is -1.01. The number of fused-ring (bicyclic) bond motifs is 1. The van der Waals surface area contributed by atoms with Crippen LogP contribution in [0.2, 0.25) is 0 Å². The maximum absolute atomic E-state index is 13.7. The Hall–Kier alpha value is -2.14. The van der Waals surface area contributed by atoms with E-state index in [-0.39, 0.29) is 16.7 Å². The average molecular weight is 327 g/mol. The highest BCUT2D eigenvalue weighted by atomic mass is 19.1. The second-order valence-electron chi connectivity index (χ2n) is 5.31. The van der Waals surface area contributed by atoms with E-state index in [1.807, 2.05) is 0 Å². The van der Waals surface area contributed by atoms with E-state index >= 15 is 0 Å². The molecule has 0 bridgehead atoms. The normalized spacial score (nSPS) is 27.7. The van der Waals surface area contributed by atoms with Crippen molar-refractivity contribution in [3.63, 3.8) is 0 Å². The minimum absolute atomic E-state index is 0.0555. The van der Waals surface area contributed by atoms with E-state index in [2.05, 4.69) is 9.97 Å². The first-order valence-electron chi connectivity index (χ1n) is 6.79. The number of hydrogen-bond donors (Lipinski definition) is 4. The number of ether oxygens (including phenoxy) is 1. The number of aryl methyl sites for hydroxylation is 1. The van der Waals surface area contributed by atoms with Gasteiger partial charge in [0.15, 0.2) is 12.0 Å². The summed E-state index contributed by atoms with van der Waals surface area (Å²) in [7, 11) is 0. The third-order valence-electron chi connectivity index (χ3n) is 3.82. The number of H-pyrrole nitrogens is 1. The molecule has 0 spiro atoms. The van der Waals surface area contributed by atoms with E-state index < -0.39 is 48.1 Å². The molecule has 4 N–H and O–H groups in total. The number of aromatic nitrogens is 3. The molecule has 9 nitrogen and oxygen atoms in total. The van der Waals surface area contributed by atoms with Gasteiger partial charge in [-0.3, -0.25) is 9.36 Å². The predicted octanol–water partition coefficient (Wildman–Crippen LogP) is -1.86. The number of nitrogens with zero attached hydrogens (tertiary/aromatic N) is 2. The number of aliphatic hydroxyl groups excluding tert-OH is 3. The minimum atomic E-state index is -1.52. The van der Waals surface area contributed by atoms with Gasteiger partial charge in [-0.1, -0.05) is 0 Å². The van der Waals surface area contributed by atoms with Crippen molar-refractivity contribution in [1.29, 1.82) is 0 Å². The van der Waals surface area contributed by atoms with Crippen LogP contribution in [0.3, 0.4) is 0 Å². The first-order valence-corrected chi connectivity index (χ1v) is 6.79. The highest BCUT2D eigenvalue weighted by Crippen LogP contribution is 2.28. The fourth-order valence-corrected chi connectivity index (χ4v) is 2.54. The first-order chi connectivity index (χ1) is 10.8. The summed E-state index contributed by atoms with van der Waals surface area (Å²) in [6, 6.07) is 0. The Bertz CT molecular complexity index is 878. The lowest BCUT2D eigenvalue weighted by molar-refractivity contribution is -0.0547. The molecule has 1 aliphatic rings. The van der Waals surface area contributed by atoms with Crippen molar-refractivity contribution in [3.8, 4) is 0 Å². The van der Waals surface area contributed by atoms with Crippen LogP contribution in [-0.4, -0.2) is 54.8 Å². The molecule has 3 heterocycles. The van der Waals surface area contributed by atoms with Crippen LogP contribution >= 0.6 is 0 Å². The van der Waals surface area contributed by atoms with Crippen LogP contribution in [0, 0.1) is 12.7 Å². The van der Waals surface area contributed by atoms with E-state index in [9.17, 15) is 24.2 Å². The molecule has 0 radical (unpaired) electrons. The van der Waals surface area contributed by atoms with E-state index in [4.69, 9.17) is 9.84 Å². The largest absolute Gasteiger partial charge is 0.394 e. The first kappa shape index (κ1) is 15.7. The third-order valence-corrected chi connectivity index (χ3v) is 3.82. The van der Waals surface area contributed by atoms with Gasteiger partial charge >= 0.3 is 5.69 Å². The SMILES string of the molecule is Cc1[nH]c2nc(=O)n(C3OC(CO)C(O)C3O)cc2c(=O)c1F. The van der Waals surface area contributed by atoms with Crippen LogP contribution < -0.4 is 11.1 Å². The summed E-state index contributed by atoms with van der Waals surface area (Å²) in [6.45, 7) is 0.758. The molecule has 23 heavy (non-hydrogen) atoms. The Labute approximate surface area is 127 Å². The summed E-state index contributed by atoms with van der Waals surface area (Å²) in [5, 5.41) is 28.5. The fraction of sp³-hybridized carbons (Fsp3) is 0.462. The Kier molecular flexibility index (Phi) is 3.76. The lowest BCUT2D eigenvalue weighted by Crippen LogP contribution is -2.36. The van der Waals surface area contributed by atoms with Gasteiger partial charge in [0.05, 0.1) is 17.7 Å². The zero-order chi connectivity index (χ0) is 16.9. The molecule has 0 aliphatic carbocycles. The molecule has 1 fully saturated rings. The summed E-state index contributed by atoms with van der Waals surface area (Å²) in [5.41, 5.74) is -1.97. The zero-order valence-electron chi connectivity index (χ0n) is 11.9. The Morgan fingerprint density at radius 3 is 2.70 bits per heavy atom. The topological polar surface area (TPSA) is 138 Å². The lowest BCUT2D eigenvalue weighted by atomic mass is 10.1. The fourth-order valence-electron chi connectivity index (χ4n) is 2.54. The molecule has 2 aromatic rings. The van der Waals surface area contributed by atoms with Gasteiger partial charge in [-0.2, -0.15) is 4.98 Å². The molecular weight excluding hydrogens is 313 g/mol. The molecule has 124 valence electrons. The quantitative estimate of drug-likeness (QED) is 0.508. The lowest BCUT2D eigenvalue weighted by Gasteiger charge is -2.17. The second-order valence-corrected chi connectivity index (χ2v) is 5.31. The van der Waals surface area contributed by atoms with Gasteiger partial charge in [-0.15, -0.1) is 0 Å². The van der Waals surface area contributed by atoms with Crippen LogP contribution in [0.5, 0.6) is 0 Å². The van der Waals surface area contributed by atoms with Crippen molar-refractivity contribution >= 4 is 11.0 Å². The number of hydrogen-bond acceptors (Lipinski definition) is 7. The van der Waals surface area contributed by atoms with Crippen molar-refractivity contribution in [2.45, 2.75) is 31.5 Å². The molecule has 10 heteroatoms. The molecule has 4 atom stereocenters. The van der Waals surface area contributed by atoms with Crippen molar-refractivity contribution < 1.29 is 24.4 Å². The van der Waals surface area contributed by atoms with Gasteiger partial charge in [-0.05, 0) is 6.92 Å². The summed E-state index contributed by atoms with van der Waals surface area (Å²) in [6.07, 6.45) is -4.37. The Morgan fingerprint density at radius 1 is 1.39 bits per heavy atom. The van der Waals surface area contributed by atoms with Crippen molar-refractivity contribution in [2.24, 2.45) is 0 Å². The molecule has 0 saturated carbocycles. The number of nitrogens with one attached hydrogen (secondary N) is 1. The van der Waals surface area contributed by atoms with Gasteiger partial charge in [0.25, 0.3) is 0 Å². The van der Waals surface area contributed by atoms with Crippen molar-refractivity contribution in [2.75, 3.05) is 6.61 Å². The standard InChI is InChI=1S/C13H14FN3O6/c1-4-7(14)8(19)5-2-17(13(22)16-11(5)15-4)12-10(21)9(20)6(3-18)23-12/h2,6,9-10,12,18,20-21H,3H2,1H3,(H,15,16,22). The summed E-state index contributed by atoms with van der Waals surface area (Å²) >= 11 is 0. The van der Waals surface area contributed by atoms with Crippen LogP contribution in [0.1, 0.15) is 11.9 Å². The van der Waals surface area contributed by atoms with Gasteiger partial charge in [0, 0.05) is 6.20 Å². The van der Waals surface area contributed by atoms with Crippen molar-refractivity contribution in [1.82, 2.24) is 14.5 Å². The minimum Gasteiger partial charge on any atom is -0.394 e. The smallest absolute Gasteiger partial charge is 0.351 e. The monoisotopic (exact) mass is 327 g/mol. The Balaban J connectivity index is 2.18. The number of halogens is 1. The van der Waals surface area contributed by atoms with Crippen LogP contribution in [0.15, 0.2) is 15.8 Å². The highest BCUT2D eigenvalue weighted by molar-refractivity contribution is 5.73. The summed E-state index contributed by atoms with van der Waals surface area (Å²) in [4.78, 5) is 30.2. The second kappa shape index (κ2) is 5.49. The average Bonchev–Trinajstić information content (AvgIpc) is 2.80. The van der Waals surface area contributed by atoms with E-state index in [0.29, 0.717) is 0 Å². The van der Waals surface area contributed by atoms with Crippen molar-refractivity contribution in [3.05, 3.63) is 38.4 Å². The molecule has 1 saturated heterocycles. The predicted molar refractivity (Wildman–Crippen MR) is 74.3 cm³/mol. The van der Waals surface area contributed by atoms with E-state index in [1.165, 1.54) is 6.92 Å². The number of pyridine rings is 1. The maximum atomic E-state index is 13.7. The van der Waals surface area contributed by atoms with Gasteiger partial charge in [-0.25, -0.2) is 9.18 Å². The van der Waals surface area contributed by atoms with Gasteiger partial charge in [0.2, 0.25) is 5.43 Å². The van der Waals surface area contributed by atoms with E-state index in [1.54, 1.807) is 0 Å². The van der Waals surface area contributed by atoms with Crippen LogP contribution in [0.25, 0.3) is 11.0 Å². The molecule has 1 aliphatic heterocycles. The molecule has 3 rings (SSSR count). The van der Waals surface area contributed by atoms with Gasteiger partial charge in [0.1, 0.15) is 24.0 Å². The number of rotatable bonds is 2. The van der Waals surface area contributed by atoms with Crippen LogP contribution in [-0.2, 0) is 4.74 Å². The molecule has 4 unspecified atom stereocenters. The summed E-state index contributed by atoms with van der Waals surface area (Å²) < 4.78 is 19.7.